The van der Waals surface area contributed by atoms with Gasteiger partial charge in [0, 0.05) is 18.3 Å². The van der Waals surface area contributed by atoms with Crippen molar-refractivity contribution in [2.75, 3.05) is 20.4 Å². The number of hydrogen-bond donors (Lipinski definition) is 3. The van der Waals surface area contributed by atoms with Crippen LogP contribution in [0, 0.1) is 5.41 Å². The van der Waals surface area contributed by atoms with E-state index in [-0.39, 0.29) is 12.1 Å². The van der Waals surface area contributed by atoms with Gasteiger partial charge < -0.3 is 20.8 Å². The molecule has 78 valence electrons. The van der Waals surface area contributed by atoms with Gasteiger partial charge in [-0.3, -0.25) is 4.79 Å². The molecule has 0 aliphatic carbocycles. The lowest BCUT2D eigenvalue weighted by Gasteiger charge is -2.27. The van der Waals surface area contributed by atoms with E-state index >= 15 is 0 Å². The van der Waals surface area contributed by atoms with Crippen LogP contribution in [0.2, 0.25) is 0 Å². The third-order valence-electron chi connectivity index (χ3n) is 1.88. The Morgan fingerprint density at radius 2 is 2.43 bits per heavy atom. The van der Waals surface area contributed by atoms with Gasteiger partial charge in [0.15, 0.2) is 0 Å². The summed E-state index contributed by atoms with van der Waals surface area (Å²) in [5, 5.41) is 8.29. The van der Waals surface area contributed by atoms with Crippen LogP contribution in [-0.2, 0) is 9.53 Å². The largest absolute Gasteiger partial charge is 0.369 e. The van der Waals surface area contributed by atoms with Crippen molar-refractivity contribution >= 4 is 24.2 Å². The van der Waals surface area contributed by atoms with Crippen LogP contribution in [0.1, 0.15) is 6.42 Å². The van der Waals surface area contributed by atoms with E-state index in [0.29, 0.717) is 23.9 Å². The second-order valence-electron chi connectivity index (χ2n) is 3.10. The molecule has 1 heterocycles. The van der Waals surface area contributed by atoms with Gasteiger partial charge in [0.25, 0.3) is 0 Å². The van der Waals surface area contributed by atoms with Crippen LogP contribution in [0.3, 0.4) is 0 Å². The molecular formula is C8H13N3O2S. The Balaban J connectivity index is 2.79. The lowest BCUT2D eigenvalue weighted by Crippen LogP contribution is -2.30. The molecule has 0 aromatic carbocycles. The number of ether oxygens (including phenoxy) is 1. The summed E-state index contributed by atoms with van der Waals surface area (Å²) in [6.07, 6.45) is -0.0728. The highest BCUT2D eigenvalue weighted by molar-refractivity contribution is 7.84. The van der Waals surface area contributed by atoms with Crippen LogP contribution in [0.4, 0.5) is 0 Å². The van der Waals surface area contributed by atoms with Crippen molar-refractivity contribution in [3.63, 3.8) is 0 Å². The molecule has 1 aliphatic rings. The summed E-state index contributed by atoms with van der Waals surface area (Å²) in [6, 6.07) is 0. The molecule has 0 bridgehead atoms. The van der Waals surface area contributed by atoms with E-state index in [9.17, 15) is 4.79 Å². The molecule has 0 aromatic heterocycles. The van der Waals surface area contributed by atoms with E-state index in [2.05, 4.69) is 12.6 Å². The van der Waals surface area contributed by atoms with Crippen LogP contribution in [0.25, 0.3) is 0 Å². The fraction of sp³-hybridized carbons (Fsp3) is 0.500. The predicted molar refractivity (Wildman–Crippen MR) is 56.1 cm³/mol. The van der Waals surface area contributed by atoms with Gasteiger partial charge in [-0.2, -0.15) is 0 Å². The van der Waals surface area contributed by atoms with Gasteiger partial charge in [-0.1, -0.05) is 0 Å². The lowest BCUT2D eigenvalue weighted by molar-refractivity contribution is -0.116. The van der Waals surface area contributed by atoms with E-state index < -0.39 is 5.91 Å². The molecule has 1 rings (SSSR count). The number of nitrogens with zero attached hydrogens (tertiary/aromatic N) is 1. The standard InChI is InChI=1S/C8H13N3O2S/c1-11-4-13-3-5(8(11)14)6(9)2-7(10)12/h9,14H,2-4H2,1H3,(H2,10,12). The summed E-state index contributed by atoms with van der Waals surface area (Å²) in [6.45, 7) is 0.765. The molecule has 0 radical (unpaired) electrons. The van der Waals surface area contributed by atoms with Crippen LogP contribution in [0.15, 0.2) is 10.6 Å². The SMILES string of the molecule is CN1COCC(C(=N)CC(N)=O)=C1S. The van der Waals surface area contributed by atoms with E-state index in [1.165, 1.54) is 0 Å². The van der Waals surface area contributed by atoms with Gasteiger partial charge in [0.1, 0.15) is 6.73 Å². The maximum absolute atomic E-state index is 10.6. The summed E-state index contributed by atoms with van der Waals surface area (Å²) in [7, 11) is 1.80. The molecule has 0 fully saturated rings. The monoisotopic (exact) mass is 215 g/mol. The number of carbonyl (C=O) groups is 1. The maximum atomic E-state index is 10.6. The highest BCUT2D eigenvalue weighted by Gasteiger charge is 2.19. The van der Waals surface area contributed by atoms with Crippen LogP contribution in [-0.4, -0.2) is 36.9 Å². The highest BCUT2D eigenvalue weighted by atomic mass is 32.1. The Morgan fingerprint density at radius 3 is 3.00 bits per heavy atom. The molecule has 3 N–H and O–H groups in total. The summed E-state index contributed by atoms with van der Waals surface area (Å²) in [5.41, 5.74) is 5.80. The van der Waals surface area contributed by atoms with E-state index in [0.717, 1.165) is 0 Å². The smallest absolute Gasteiger partial charge is 0.223 e. The topological polar surface area (TPSA) is 79.4 Å². The molecule has 1 aliphatic heterocycles. The minimum absolute atomic E-state index is 0.0728. The van der Waals surface area contributed by atoms with Crippen molar-refractivity contribution in [3.8, 4) is 0 Å². The molecule has 0 aromatic rings. The average molecular weight is 215 g/mol. The van der Waals surface area contributed by atoms with Gasteiger partial charge in [-0.25, -0.2) is 0 Å². The second kappa shape index (κ2) is 4.47. The predicted octanol–water partition coefficient (Wildman–Crippen LogP) is -0.0575. The van der Waals surface area contributed by atoms with E-state index in [4.69, 9.17) is 15.9 Å². The van der Waals surface area contributed by atoms with Crippen LogP contribution < -0.4 is 5.73 Å². The van der Waals surface area contributed by atoms with Crippen molar-refractivity contribution in [2.24, 2.45) is 5.73 Å². The quantitative estimate of drug-likeness (QED) is 0.456. The summed E-state index contributed by atoms with van der Waals surface area (Å²) in [5.74, 6) is -0.517. The highest BCUT2D eigenvalue weighted by Crippen LogP contribution is 2.19. The van der Waals surface area contributed by atoms with Gasteiger partial charge in [-0.15, -0.1) is 12.6 Å². The van der Waals surface area contributed by atoms with Crippen molar-refractivity contribution in [2.45, 2.75) is 6.42 Å². The van der Waals surface area contributed by atoms with Crippen molar-refractivity contribution in [1.82, 2.24) is 4.90 Å². The number of primary amides is 1. The molecule has 14 heavy (non-hydrogen) atoms. The fourth-order valence-electron chi connectivity index (χ4n) is 1.14. The second-order valence-corrected chi connectivity index (χ2v) is 3.52. The Hall–Kier alpha value is -1.01. The van der Waals surface area contributed by atoms with Crippen LogP contribution >= 0.6 is 12.6 Å². The van der Waals surface area contributed by atoms with Crippen molar-refractivity contribution in [1.29, 1.82) is 5.41 Å². The molecule has 0 unspecified atom stereocenters. The first kappa shape index (κ1) is 11.1. The summed E-state index contributed by atoms with van der Waals surface area (Å²) < 4.78 is 5.19. The molecule has 1 amide bonds. The Bertz CT molecular complexity index is 301. The molecule has 5 nitrogen and oxygen atoms in total. The minimum Gasteiger partial charge on any atom is -0.369 e. The Morgan fingerprint density at radius 1 is 1.79 bits per heavy atom. The van der Waals surface area contributed by atoms with E-state index in [1.807, 2.05) is 0 Å². The number of amides is 1. The fourth-order valence-corrected chi connectivity index (χ4v) is 1.40. The first-order valence-electron chi connectivity index (χ1n) is 4.09. The molecule has 0 atom stereocenters. The average Bonchev–Trinajstić information content (AvgIpc) is 2.08. The molecule has 0 spiro atoms. The number of hydrogen-bond acceptors (Lipinski definition) is 5. The number of rotatable bonds is 3. The Kier molecular flexibility index (Phi) is 3.54. The molecule has 0 saturated heterocycles. The number of carbonyl (C=O) groups excluding carboxylic acids is 1. The minimum atomic E-state index is -0.517. The summed E-state index contributed by atoms with van der Waals surface area (Å²) >= 11 is 4.25. The molecule has 6 heteroatoms. The molecule has 0 saturated carbocycles. The number of thiol groups is 1. The zero-order valence-electron chi connectivity index (χ0n) is 7.91. The first-order chi connectivity index (χ1) is 6.52. The first-order valence-corrected chi connectivity index (χ1v) is 4.54. The summed E-state index contributed by atoms with van der Waals surface area (Å²) in [4.78, 5) is 12.4. The van der Waals surface area contributed by atoms with Gasteiger partial charge in [0.05, 0.1) is 18.1 Å². The lowest BCUT2D eigenvalue weighted by atomic mass is 10.1. The normalized spacial score (nSPS) is 17.1. The maximum Gasteiger partial charge on any atom is 0.223 e. The van der Waals surface area contributed by atoms with Gasteiger partial charge in [0.2, 0.25) is 5.91 Å². The van der Waals surface area contributed by atoms with Gasteiger partial charge in [-0.05, 0) is 0 Å². The van der Waals surface area contributed by atoms with E-state index in [1.54, 1.807) is 11.9 Å². The van der Waals surface area contributed by atoms with Crippen LogP contribution in [0.5, 0.6) is 0 Å². The zero-order chi connectivity index (χ0) is 10.7. The third kappa shape index (κ3) is 2.49. The van der Waals surface area contributed by atoms with Crippen molar-refractivity contribution < 1.29 is 9.53 Å². The Labute approximate surface area is 87.8 Å². The van der Waals surface area contributed by atoms with Crippen molar-refractivity contribution in [3.05, 3.63) is 10.6 Å². The molecular weight excluding hydrogens is 202 g/mol. The third-order valence-corrected chi connectivity index (χ3v) is 2.49. The number of nitrogens with two attached hydrogens (primary N) is 1. The zero-order valence-corrected chi connectivity index (χ0v) is 8.80. The van der Waals surface area contributed by atoms with Gasteiger partial charge >= 0.3 is 0 Å². The number of nitrogens with one attached hydrogen (secondary N) is 1.